The molecule has 0 aliphatic heterocycles. The van der Waals surface area contributed by atoms with Crippen molar-refractivity contribution in [3.05, 3.63) is 12.7 Å². The van der Waals surface area contributed by atoms with E-state index in [1.54, 1.807) is 7.11 Å². The number of halogens is 1. The van der Waals surface area contributed by atoms with E-state index in [4.69, 9.17) is 4.74 Å². The molecule has 0 saturated carbocycles. The van der Waals surface area contributed by atoms with Crippen LogP contribution in [0, 0.1) is 0 Å². The average molecular weight is 240 g/mol. The molecule has 0 aliphatic carbocycles. The van der Waals surface area contributed by atoms with E-state index in [9.17, 15) is 0 Å². The van der Waals surface area contributed by atoms with Crippen molar-refractivity contribution in [2.24, 2.45) is 0 Å². The lowest BCUT2D eigenvalue weighted by molar-refractivity contribution is 0.110. The minimum absolute atomic E-state index is 0.336. The Morgan fingerprint density at radius 2 is 2.33 bits per heavy atom. The van der Waals surface area contributed by atoms with Gasteiger partial charge in [-0.05, 0) is 6.42 Å². The first-order chi connectivity index (χ1) is 4.22. The Balaban J connectivity index is 3.53. The van der Waals surface area contributed by atoms with Gasteiger partial charge in [-0.3, -0.25) is 0 Å². The fourth-order valence-electron chi connectivity index (χ4n) is 0.636. The van der Waals surface area contributed by atoms with Crippen molar-refractivity contribution in [1.29, 1.82) is 0 Å². The van der Waals surface area contributed by atoms with Gasteiger partial charge in [-0.2, -0.15) is 0 Å². The Morgan fingerprint density at radius 1 is 1.78 bits per heavy atom. The maximum atomic E-state index is 5.17. The van der Waals surface area contributed by atoms with Crippen LogP contribution in [0.5, 0.6) is 0 Å². The van der Waals surface area contributed by atoms with E-state index in [1.807, 2.05) is 6.08 Å². The summed E-state index contributed by atoms with van der Waals surface area (Å²) in [6.07, 6.45) is 3.17. The van der Waals surface area contributed by atoms with E-state index in [-0.39, 0.29) is 0 Å². The van der Waals surface area contributed by atoms with Gasteiger partial charge in [0.05, 0.1) is 6.10 Å². The van der Waals surface area contributed by atoms with Crippen LogP contribution in [0.1, 0.15) is 13.3 Å². The molecule has 0 saturated heterocycles. The van der Waals surface area contributed by atoms with Crippen molar-refractivity contribution in [3.63, 3.8) is 0 Å². The van der Waals surface area contributed by atoms with Crippen molar-refractivity contribution < 1.29 is 4.74 Å². The molecule has 0 aliphatic rings. The molecule has 0 amide bonds. The third-order valence-electron chi connectivity index (χ3n) is 1.21. The minimum atomic E-state index is 0.336. The summed E-state index contributed by atoms with van der Waals surface area (Å²) in [6.45, 7) is 5.78. The largest absolute Gasteiger partial charge is 0.380 e. The summed E-state index contributed by atoms with van der Waals surface area (Å²) in [7, 11) is 1.74. The molecule has 0 aromatic rings. The van der Waals surface area contributed by atoms with E-state index in [1.165, 1.54) is 0 Å². The molecule has 1 nitrogen and oxygen atoms in total. The number of hydrogen-bond acceptors (Lipinski definition) is 1. The zero-order chi connectivity index (χ0) is 7.28. The summed E-state index contributed by atoms with van der Waals surface area (Å²) in [5.74, 6) is 0. The van der Waals surface area contributed by atoms with Crippen LogP contribution in [0.25, 0.3) is 0 Å². The molecule has 9 heavy (non-hydrogen) atoms. The van der Waals surface area contributed by atoms with Crippen molar-refractivity contribution in [1.82, 2.24) is 0 Å². The van der Waals surface area contributed by atoms with Crippen LogP contribution in [0.2, 0.25) is 0 Å². The third kappa shape index (κ3) is 3.92. The topological polar surface area (TPSA) is 9.23 Å². The Hall–Kier alpha value is 0.430. The summed E-state index contributed by atoms with van der Waals surface area (Å²) >= 11 is 2.36. The van der Waals surface area contributed by atoms with Crippen LogP contribution in [0.4, 0.5) is 0 Å². The summed E-state index contributed by atoms with van der Waals surface area (Å²) in [5, 5.41) is 0. The fraction of sp³-hybridized carbons (Fsp3) is 0.714. The summed E-state index contributed by atoms with van der Waals surface area (Å²) < 4.78 is 5.73. The van der Waals surface area contributed by atoms with Gasteiger partial charge in [0.2, 0.25) is 0 Å². The predicted octanol–water partition coefficient (Wildman–Crippen LogP) is 2.40. The van der Waals surface area contributed by atoms with Crippen LogP contribution < -0.4 is 0 Å². The first-order valence-corrected chi connectivity index (χ1v) is 4.24. The van der Waals surface area contributed by atoms with Gasteiger partial charge in [-0.1, -0.05) is 35.6 Å². The molecular formula is C7H13IO. The molecule has 54 valence electrons. The average Bonchev–Trinajstić information content (AvgIpc) is 1.82. The summed E-state index contributed by atoms with van der Waals surface area (Å²) in [6, 6.07) is 0. The first-order valence-electron chi connectivity index (χ1n) is 3.00. The second-order valence-electron chi connectivity index (χ2n) is 1.98. The summed E-state index contributed by atoms with van der Waals surface area (Å²) in [5.41, 5.74) is 0. The number of methoxy groups -OCH3 is 1. The molecule has 0 aromatic carbocycles. The SMILES string of the molecule is C=CC[C@@H](OC)[C@H](C)I. The third-order valence-corrected chi connectivity index (χ3v) is 2.02. The molecule has 0 N–H and O–H groups in total. The van der Waals surface area contributed by atoms with Crippen molar-refractivity contribution >= 4 is 22.6 Å². The molecule has 2 heteroatoms. The Labute approximate surface area is 70.6 Å². The quantitative estimate of drug-likeness (QED) is 0.416. The van der Waals surface area contributed by atoms with Gasteiger partial charge >= 0.3 is 0 Å². The maximum absolute atomic E-state index is 5.17. The zero-order valence-corrected chi connectivity index (χ0v) is 8.09. The Kier molecular flexibility index (Phi) is 5.48. The van der Waals surface area contributed by atoms with Gasteiger partial charge in [-0.25, -0.2) is 0 Å². The number of hydrogen-bond donors (Lipinski definition) is 0. The van der Waals surface area contributed by atoms with Crippen LogP contribution in [-0.2, 0) is 4.74 Å². The Bertz CT molecular complexity index is 81.0. The van der Waals surface area contributed by atoms with Gasteiger partial charge in [0.25, 0.3) is 0 Å². The molecule has 0 aromatic heterocycles. The van der Waals surface area contributed by atoms with Gasteiger partial charge in [-0.15, -0.1) is 6.58 Å². The number of ether oxygens (including phenoxy) is 1. The molecule has 0 fully saturated rings. The lowest BCUT2D eigenvalue weighted by atomic mass is 10.2. The molecule has 0 unspecified atom stereocenters. The lowest BCUT2D eigenvalue weighted by Gasteiger charge is -2.14. The molecule has 0 spiro atoms. The molecular weight excluding hydrogens is 227 g/mol. The van der Waals surface area contributed by atoms with E-state index in [0.29, 0.717) is 10.0 Å². The molecule has 2 atom stereocenters. The van der Waals surface area contributed by atoms with Crippen molar-refractivity contribution in [2.75, 3.05) is 7.11 Å². The highest BCUT2D eigenvalue weighted by molar-refractivity contribution is 14.1. The standard InChI is InChI=1S/C7H13IO/c1-4-5-7(9-3)6(2)8/h4,6-7H,1,5H2,2-3H3/t6-,7+/m0/s1. The highest BCUT2D eigenvalue weighted by atomic mass is 127. The van der Waals surface area contributed by atoms with E-state index in [0.717, 1.165) is 6.42 Å². The molecule has 0 radical (unpaired) electrons. The number of rotatable bonds is 4. The monoisotopic (exact) mass is 240 g/mol. The highest BCUT2D eigenvalue weighted by Crippen LogP contribution is 2.11. The zero-order valence-electron chi connectivity index (χ0n) is 5.93. The minimum Gasteiger partial charge on any atom is -0.380 e. The van der Waals surface area contributed by atoms with E-state index >= 15 is 0 Å². The van der Waals surface area contributed by atoms with Crippen LogP contribution in [0.3, 0.4) is 0 Å². The van der Waals surface area contributed by atoms with Gasteiger partial charge in [0, 0.05) is 11.0 Å². The van der Waals surface area contributed by atoms with E-state index in [2.05, 4.69) is 36.1 Å². The smallest absolute Gasteiger partial charge is 0.0720 e. The molecule has 0 rings (SSSR count). The normalized spacial score (nSPS) is 16.8. The highest BCUT2D eigenvalue weighted by Gasteiger charge is 2.10. The van der Waals surface area contributed by atoms with Crippen LogP contribution in [0.15, 0.2) is 12.7 Å². The Morgan fingerprint density at radius 3 is 2.44 bits per heavy atom. The van der Waals surface area contributed by atoms with E-state index < -0.39 is 0 Å². The van der Waals surface area contributed by atoms with Gasteiger partial charge < -0.3 is 4.74 Å². The second kappa shape index (κ2) is 5.23. The fourth-order valence-corrected chi connectivity index (χ4v) is 1.22. The predicted molar refractivity (Wildman–Crippen MR) is 49.1 cm³/mol. The van der Waals surface area contributed by atoms with Gasteiger partial charge in [0.1, 0.15) is 0 Å². The van der Waals surface area contributed by atoms with Crippen LogP contribution in [-0.4, -0.2) is 17.1 Å². The van der Waals surface area contributed by atoms with Crippen molar-refractivity contribution in [3.8, 4) is 0 Å². The lowest BCUT2D eigenvalue weighted by Crippen LogP contribution is -2.18. The molecule has 0 bridgehead atoms. The van der Waals surface area contributed by atoms with Crippen LogP contribution >= 0.6 is 22.6 Å². The number of alkyl halides is 1. The maximum Gasteiger partial charge on any atom is 0.0720 e. The summed E-state index contributed by atoms with van der Waals surface area (Å²) in [4.78, 5) is 0. The van der Waals surface area contributed by atoms with Crippen molar-refractivity contribution in [2.45, 2.75) is 23.4 Å². The molecule has 0 heterocycles. The van der Waals surface area contributed by atoms with Gasteiger partial charge in [0.15, 0.2) is 0 Å². The second-order valence-corrected chi connectivity index (χ2v) is 3.94. The first kappa shape index (κ1) is 9.43.